The van der Waals surface area contributed by atoms with Gasteiger partial charge in [-0.05, 0) is 37.0 Å². The summed E-state index contributed by atoms with van der Waals surface area (Å²) in [6.45, 7) is 0. The van der Waals surface area contributed by atoms with Crippen molar-refractivity contribution in [1.82, 2.24) is 0 Å². The Balaban J connectivity index is 2.05. The number of hydrogen-bond acceptors (Lipinski definition) is 3. The SMILES string of the molecule is CN(C)c1ccc(Cl)cc1NC(=O)C[C@@H]1CCC[C@H]1N. The molecule has 1 fully saturated rings. The molecule has 0 unspecified atom stereocenters. The van der Waals surface area contributed by atoms with Crippen LogP contribution in [0.4, 0.5) is 11.4 Å². The van der Waals surface area contributed by atoms with Crippen molar-refractivity contribution >= 4 is 28.9 Å². The van der Waals surface area contributed by atoms with E-state index < -0.39 is 0 Å². The molecule has 1 aromatic carbocycles. The maximum Gasteiger partial charge on any atom is 0.224 e. The Morgan fingerprint density at radius 2 is 2.20 bits per heavy atom. The number of carbonyl (C=O) groups excluding carboxylic acids is 1. The Labute approximate surface area is 125 Å². The predicted octanol–water partition coefficient (Wildman–Crippen LogP) is 2.86. The fraction of sp³-hybridized carbons (Fsp3) is 0.533. The van der Waals surface area contributed by atoms with Crippen molar-refractivity contribution in [2.24, 2.45) is 11.7 Å². The highest BCUT2D eigenvalue weighted by Gasteiger charge is 2.26. The van der Waals surface area contributed by atoms with Crippen molar-refractivity contribution in [3.8, 4) is 0 Å². The number of halogens is 1. The van der Waals surface area contributed by atoms with Gasteiger partial charge in [-0.1, -0.05) is 18.0 Å². The molecule has 3 N–H and O–H groups in total. The van der Waals surface area contributed by atoms with Crippen LogP contribution in [0, 0.1) is 5.92 Å². The van der Waals surface area contributed by atoms with Crippen LogP contribution in [0.25, 0.3) is 0 Å². The number of nitrogens with two attached hydrogens (primary N) is 1. The maximum absolute atomic E-state index is 12.2. The van der Waals surface area contributed by atoms with E-state index in [0.717, 1.165) is 30.6 Å². The Bertz CT molecular complexity index is 490. The van der Waals surface area contributed by atoms with Gasteiger partial charge in [-0.25, -0.2) is 0 Å². The topological polar surface area (TPSA) is 58.4 Å². The standard InChI is InChI=1S/C15H22ClN3O/c1-19(2)14-7-6-11(16)9-13(14)18-15(20)8-10-4-3-5-12(10)17/h6-7,9-10,12H,3-5,8,17H2,1-2H3,(H,18,20)/t10-,12+/m0/s1. The molecule has 2 atom stereocenters. The third-order valence-corrected chi connectivity index (χ3v) is 4.12. The van der Waals surface area contributed by atoms with Crippen molar-refractivity contribution in [2.75, 3.05) is 24.3 Å². The maximum atomic E-state index is 12.2. The van der Waals surface area contributed by atoms with E-state index in [-0.39, 0.29) is 11.9 Å². The molecule has 0 aromatic heterocycles. The zero-order chi connectivity index (χ0) is 14.7. The second kappa shape index (κ2) is 6.46. The lowest BCUT2D eigenvalue weighted by Crippen LogP contribution is -2.28. The van der Waals surface area contributed by atoms with Crippen LogP contribution in [0.15, 0.2) is 18.2 Å². The lowest BCUT2D eigenvalue weighted by molar-refractivity contribution is -0.117. The molecule has 4 nitrogen and oxygen atoms in total. The molecule has 1 aromatic rings. The highest BCUT2D eigenvalue weighted by Crippen LogP contribution is 2.30. The zero-order valence-electron chi connectivity index (χ0n) is 12.0. The summed E-state index contributed by atoms with van der Waals surface area (Å²) in [7, 11) is 3.87. The van der Waals surface area contributed by atoms with Crippen LogP contribution >= 0.6 is 11.6 Å². The van der Waals surface area contributed by atoms with Crippen molar-refractivity contribution in [1.29, 1.82) is 0 Å². The highest BCUT2D eigenvalue weighted by atomic mass is 35.5. The number of nitrogens with one attached hydrogen (secondary N) is 1. The van der Waals surface area contributed by atoms with Gasteiger partial charge in [0.15, 0.2) is 0 Å². The summed E-state index contributed by atoms with van der Waals surface area (Å²) in [5, 5.41) is 3.57. The van der Waals surface area contributed by atoms with E-state index in [1.807, 2.05) is 31.1 Å². The van der Waals surface area contributed by atoms with E-state index >= 15 is 0 Å². The second-order valence-electron chi connectivity index (χ2n) is 5.66. The number of carbonyl (C=O) groups is 1. The largest absolute Gasteiger partial charge is 0.376 e. The summed E-state index contributed by atoms with van der Waals surface area (Å²) in [6, 6.07) is 5.66. The number of anilines is 2. The summed E-state index contributed by atoms with van der Waals surface area (Å²) in [4.78, 5) is 14.1. The van der Waals surface area contributed by atoms with Gasteiger partial charge in [-0.3, -0.25) is 4.79 Å². The van der Waals surface area contributed by atoms with E-state index in [1.54, 1.807) is 6.07 Å². The first-order valence-corrected chi connectivity index (χ1v) is 7.37. The fourth-order valence-electron chi connectivity index (χ4n) is 2.76. The molecule has 0 saturated heterocycles. The molecule has 1 saturated carbocycles. The number of amides is 1. The van der Waals surface area contributed by atoms with Crippen molar-refractivity contribution in [3.63, 3.8) is 0 Å². The lowest BCUT2D eigenvalue weighted by Gasteiger charge is -2.19. The first kappa shape index (κ1) is 15.1. The van der Waals surface area contributed by atoms with Gasteiger partial charge in [0.25, 0.3) is 0 Å². The third-order valence-electron chi connectivity index (χ3n) is 3.88. The van der Waals surface area contributed by atoms with E-state index in [1.165, 1.54) is 0 Å². The molecule has 0 bridgehead atoms. The van der Waals surface area contributed by atoms with Crippen LogP contribution in [-0.2, 0) is 4.79 Å². The summed E-state index contributed by atoms with van der Waals surface area (Å²) < 4.78 is 0. The van der Waals surface area contributed by atoms with Gasteiger partial charge in [-0.15, -0.1) is 0 Å². The van der Waals surface area contributed by atoms with Gasteiger partial charge in [0.2, 0.25) is 5.91 Å². The highest BCUT2D eigenvalue weighted by molar-refractivity contribution is 6.31. The zero-order valence-corrected chi connectivity index (χ0v) is 12.8. The van der Waals surface area contributed by atoms with Gasteiger partial charge >= 0.3 is 0 Å². The minimum Gasteiger partial charge on any atom is -0.376 e. The van der Waals surface area contributed by atoms with E-state index in [9.17, 15) is 4.79 Å². The van der Waals surface area contributed by atoms with Crippen molar-refractivity contribution < 1.29 is 4.79 Å². The minimum absolute atomic E-state index is 0.0118. The normalized spacial score (nSPS) is 21.8. The number of rotatable bonds is 4. The second-order valence-corrected chi connectivity index (χ2v) is 6.10. The van der Waals surface area contributed by atoms with Crippen LogP contribution in [0.1, 0.15) is 25.7 Å². The summed E-state index contributed by atoms with van der Waals surface area (Å²) in [6.07, 6.45) is 3.68. The van der Waals surface area contributed by atoms with Crippen molar-refractivity contribution in [2.45, 2.75) is 31.7 Å². The third kappa shape index (κ3) is 3.64. The molecule has 0 radical (unpaired) electrons. The number of nitrogens with zero attached hydrogens (tertiary/aromatic N) is 1. The lowest BCUT2D eigenvalue weighted by atomic mass is 10.00. The summed E-state index contributed by atoms with van der Waals surface area (Å²) in [5.41, 5.74) is 7.71. The van der Waals surface area contributed by atoms with E-state index in [2.05, 4.69) is 5.32 Å². The Hall–Kier alpha value is -1.26. The van der Waals surface area contributed by atoms with Gasteiger partial charge in [0.05, 0.1) is 11.4 Å². The Kier molecular flexibility index (Phi) is 4.89. The molecule has 2 rings (SSSR count). The summed E-state index contributed by atoms with van der Waals surface area (Å²) >= 11 is 6.01. The molecule has 1 aliphatic carbocycles. The van der Waals surface area contributed by atoms with Crippen LogP contribution in [0.5, 0.6) is 0 Å². The fourth-order valence-corrected chi connectivity index (χ4v) is 2.93. The molecule has 0 spiro atoms. The first-order valence-electron chi connectivity index (χ1n) is 6.99. The van der Waals surface area contributed by atoms with Crippen LogP contribution in [0.3, 0.4) is 0 Å². The van der Waals surface area contributed by atoms with Gasteiger partial charge in [0, 0.05) is 31.6 Å². The first-order chi connectivity index (χ1) is 9.47. The van der Waals surface area contributed by atoms with Crippen molar-refractivity contribution in [3.05, 3.63) is 23.2 Å². The minimum atomic E-state index is 0.0118. The van der Waals surface area contributed by atoms with E-state index in [0.29, 0.717) is 17.4 Å². The van der Waals surface area contributed by atoms with Crippen LogP contribution < -0.4 is 16.0 Å². The number of hydrogen-bond donors (Lipinski definition) is 2. The monoisotopic (exact) mass is 295 g/mol. The van der Waals surface area contributed by atoms with E-state index in [4.69, 9.17) is 17.3 Å². The van der Waals surface area contributed by atoms with Gasteiger partial charge in [0.1, 0.15) is 0 Å². The Morgan fingerprint density at radius 3 is 2.80 bits per heavy atom. The smallest absolute Gasteiger partial charge is 0.224 e. The summed E-state index contributed by atoms with van der Waals surface area (Å²) in [5.74, 6) is 0.315. The molecule has 5 heteroatoms. The molecule has 20 heavy (non-hydrogen) atoms. The molecular formula is C15H22ClN3O. The Morgan fingerprint density at radius 1 is 1.45 bits per heavy atom. The molecule has 110 valence electrons. The molecule has 0 heterocycles. The molecular weight excluding hydrogens is 274 g/mol. The molecule has 0 aliphatic heterocycles. The quantitative estimate of drug-likeness (QED) is 0.898. The average molecular weight is 296 g/mol. The molecule has 1 aliphatic rings. The van der Waals surface area contributed by atoms with Crippen LogP contribution in [0.2, 0.25) is 5.02 Å². The van der Waals surface area contributed by atoms with Gasteiger partial charge < -0.3 is 16.0 Å². The number of benzene rings is 1. The average Bonchev–Trinajstić information content (AvgIpc) is 2.74. The molecule has 1 amide bonds. The van der Waals surface area contributed by atoms with Gasteiger partial charge in [-0.2, -0.15) is 0 Å². The predicted molar refractivity (Wildman–Crippen MR) is 84.3 cm³/mol. The van der Waals surface area contributed by atoms with Crippen LogP contribution in [-0.4, -0.2) is 26.0 Å².